The summed E-state index contributed by atoms with van der Waals surface area (Å²) in [5, 5.41) is 11.6. The molecule has 1 atom stereocenters. The van der Waals surface area contributed by atoms with Gasteiger partial charge >= 0.3 is 5.69 Å². The smallest absolute Gasteiger partial charge is 0.323 e. The zero-order valence-corrected chi connectivity index (χ0v) is 17.9. The van der Waals surface area contributed by atoms with Crippen LogP contribution in [0.4, 0.5) is 11.4 Å². The van der Waals surface area contributed by atoms with Crippen molar-refractivity contribution in [2.45, 2.75) is 17.9 Å². The minimum Gasteiger partial charge on any atom is -0.324 e. The monoisotopic (exact) mass is 467 g/mol. The fourth-order valence-electron chi connectivity index (χ4n) is 3.20. The van der Waals surface area contributed by atoms with Crippen molar-refractivity contribution in [1.29, 1.82) is 0 Å². The van der Waals surface area contributed by atoms with E-state index in [0.29, 0.717) is 33.2 Å². The van der Waals surface area contributed by atoms with E-state index in [1.165, 1.54) is 31.2 Å². The van der Waals surface area contributed by atoms with Gasteiger partial charge in [-0.1, -0.05) is 12.1 Å². The largest absolute Gasteiger partial charge is 0.324 e. The van der Waals surface area contributed by atoms with Crippen LogP contribution in [-0.2, 0) is 19.7 Å². The predicted molar refractivity (Wildman–Crippen MR) is 120 cm³/mol. The number of aromatic amines is 2. The van der Waals surface area contributed by atoms with Gasteiger partial charge in [0.1, 0.15) is 0 Å². The van der Waals surface area contributed by atoms with Gasteiger partial charge in [0.05, 0.1) is 21.6 Å². The molecule has 0 spiro atoms. The van der Waals surface area contributed by atoms with Crippen molar-refractivity contribution in [3.8, 4) is 0 Å². The Balaban J connectivity index is 1.55. The summed E-state index contributed by atoms with van der Waals surface area (Å²) in [7, 11) is -4.32. The number of imidazole rings is 1. The molecular formula is C21H17N5O6S. The molecule has 0 fully saturated rings. The Morgan fingerprint density at radius 1 is 0.970 bits per heavy atom. The maximum atomic E-state index is 12.6. The lowest BCUT2D eigenvalue weighted by atomic mass is 10.1. The summed E-state index contributed by atoms with van der Waals surface area (Å²) in [5.41, 5.74) is 1.39. The fourth-order valence-corrected chi connectivity index (χ4v) is 3.71. The first-order valence-corrected chi connectivity index (χ1v) is 11.0. The van der Waals surface area contributed by atoms with Gasteiger partial charge in [0.15, 0.2) is 5.78 Å². The van der Waals surface area contributed by atoms with Crippen molar-refractivity contribution < 1.29 is 22.6 Å². The van der Waals surface area contributed by atoms with Crippen LogP contribution >= 0.6 is 0 Å². The van der Waals surface area contributed by atoms with Gasteiger partial charge in [-0.2, -0.15) is 18.6 Å². The number of anilines is 1. The predicted octanol–water partition coefficient (Wildman–Crippen LogP) is 2.94. The van der Waals surface area contributed by atoms with Crippen molar-refractivity contribution >= 4 is 55.0 Å². The van der Waals surface area contributed by atoms with Crippen LogP contribution in [-0.4, -0.2) is 40.7 Å². The van der Waals surface area contributed by atoms with E-state index in [2.05, 4.69) is 25.5 Å². The highest BCUT2D eigenvalue weighted by atomic mass is 32.2. The number of azo groups is 1. The molecule has 0 bridgehead atoms. The summed E-state index contributed by atoms with van der Waals surface area (Å²) in [6, 6.07) is 12.1. The van der Waals surface area contributed by atoms with Crippen LogP contribution < -0.4 is 11.0 Å². The Labute approximate surface area is 186 Å². The summed E-state index contributed by atoms with van der Waals surface area (Å²) in [5.74, 6) is -1.21. The van der Waals surface area contributed by atoms with Crippen molar-refractivity contribution in [2.75, 3.05) is 5.32 Å². The summed E-state index contributed by atoms with van der Waals surface area (Å²) in [4.78, 5) is 40.9. The van der Waals surface area contributed by atoms with Crippen molar-refractivity contribution in [3.05, 3.63) is 65.1 Å². The second-order valence-corrected chi connectivity index (χ2v) is 8.65. The first-order chi connectivity index (χ1) is 15.6. The van der Waals surface area contributed by atoms with Gasteiger partial charge < -0.3 is 15.3 Å². The molecule has 0 saturated heterocycles. The topological polar surface area (TPSA) is 174 Å². The minimum absolute atomic E-state index is 0.236. The minimum atomic E-state index is -4.32. The van der Waals surface area contributed by atoms with Crippen LogP contribution in [0, 0.1) is 0 Å². The van der Waals surface area contributed by atoms with Crippen LogP contribution in [0.1, 0.15) is 6.92 Å². The molecule has 12 heteroatoms. The zero-order chi connectivity index (χ0) is 23.8. The van der Waals surface area contributed by atoms with E-state index in [1.54, 1.807) is 30.3 Å². The van der Waals surface area contributed by atoms with Gasteiger partial charge in [-0.05, 0) is 60.2 Å². The Morgan fingerprint density at radius 3 is 2.39 bits per heavy atom. The Bertz CT molecular complexity index is 1600. The maximum absolute atomic E-state index is 12.6. The Morgan fingerprint density at radius 2 is 1.67 bits per heavy atom. The van der Waals surface area contributed by atoms with Crippen LogP contribution in [0.3, 0.4) is 0 Å². The molecule has 4 N–H and O–H groups in total. The molecule has 33 heavy (non-hydrogen) atoms. The van der Waals surface area contributed by atoms with E-state index >= 15 is 0 Å². The Kier molecular flexibility index (Phi) is 5.62. The molecule has 4 rings (SSSR count). The average molecular weight is 467 g/mol. The van der Waals surface area contributed by atoms with Gasteiger partial charge in [0.25, 0.3) is 16.0 Å². The lowest BCUT2D eigenvalue weighted by molar-refractivity contribution is -0.126. The number of carbonyl (C=O) groups excluding carboxylic acids is 2. The number of nitrogens with one attached hydrogen (secondary N) is 3. The number of ketones is 1. The molecule has 0 radical (unpaired) electrons. The van der Waals surface area contributed by atoms with Crippen LogP contribution in [0.2, 0.25) is 0 Å². The number of carbonyl (C=O) groups is 2. The molecule has 1 amide bonds. The lowest BCUT2D eigenvalue weighted by Gasteiger charge is -2.09. The molecule has 4 aromatic rings. The number of rotatable bonds is 6. The highest BCUT2D eigenvalue weighted by molar-refractivity contribution is 7.85. The second kappa shape index (κ2) is 8.41. The first kappa shape index (κ1) is 22.0. The highest BCUT2D eigenvalue weighted by Gasteiger charge is 2.23. The first-order valence-electron chi connectivity index (χ1n) is 9.56. The normalized spacial score (nSPS) is 12.9. The van der Waals surface area contributed by atoms with Gasteiger partial charge in [-0.3, -0.25) is 14.1 Å². The third kappa shape index (κ3) is 4.86. The lowest BCUT2D eigenvalue weighted by Crippen LogP contribution is -2.31. The maximum Gasteiger partial charge on any atom is 0.323 e. The zero-order valence-electron chi connectivity index (χ0n) is 17.1. The third-order valence-corrected chi connectivity index (χ3v) is 5.65. The van der Waals surface area contributed by atoms with Crippen molar-refractivity contribution in [3.63, 3.8) is 0 Å². The number of benzene rings is 3. The molecule has 3 aromatic carbocycles. The SMILES string of the molecule is CC(=O)C(N=Nc1ccc2cc(S(=O)(=O)O)ccc2c1)C(=O)Nc1ccc2[nH]c(=O)[nH]c2c1. The summed E-state index contributed by atoms with van der Waals surface area (Å²) in [6.07, 6.45) is 0. The van der Waals surface area contributed by atoms with Crippen LogP contribution in [0.25, 0.3) is 21.8 Å². The van der Waals surface area contributed by atoms with Gasteiger partial charge in [-0.15, -0.1) is 0 Å². The highest BCUT2D eigenvalue weighted by Crippen LogP contribution is 2.25. The van der Waals surface area contributed by atoms with E-state index in [1.807, 2.05) is 0 Å². The van der Waals surface area contributed by atoms with Crippen molar-refractivity contribution in [2.24, 2.45) is 10.2 Å². The number of nitrogens with zero attached hydrogens (tertiary/aromatic N) is 2. The number of hydrogen-bond donors (Lipinski definition) is 4. The number of amides is 1. The third-order valence-electron chi connectivity index (χ3n) is 4.80. The molecule has 0 aliphatic heterocycles. The fraction of sp³-hybridized carbons (Fsp3) is 0.0952. The van der Waals surface area contributed by atoms with Crippen LogP contribution in [0.15, 0.2) is 74.5 Å². The summed E-state index contributed by atoms with van der Waals surface area (Å²) >= 11 is 0. The van der Waals surface area contributed by atoms with Gasteiger partial charge in [0, 0.05) is 5.69 Å². The molecule has 1 unspecified atom stereocenters. The Hall–Kier alpha value is -4.16. The number of Topliss-reactive ketones (excluding diaryl/α,β-unsaturated/α-hetero) is 1. The quantitative estimate of drug-likeness (QED) is 0.193. The second-order valence-electron chi connectivity index (χ2n) is 7.23. The number of hydrogen-bond acceptors (Lipinski definition) is 7. The number of aromatic nitrogens is 2. The van der Waals surface area contributed by atoms with E-state index in [0.717, 1.165) is 0 Å². The molecule has 0 saturated carbocycles. The summed E-state index contributed by atoms with van der Waals surface area (Å²) in [6.45, 7) is 1.22. The average Bonchev–Trinajstić information content (AvgIpc) is 3.11. The molecule has 1 aromatic heterocycles. The van der Waals surface area contributed by atoms with E-state index in [-0.39, 0.29) is 10.6 Å². The molecule has 1 heterocycles. The number of H-pyrrole nitrogens is 2. The van der Waals surface area contributed by atoms with E-state index < -0.39 is 27.9 Å². The van der Waals surface area contributed by atoms with E-state index in [4.69, 9.17) is 4.55 Å². The van der Waals surface area contributed by atoms with Crippen molar-refractivity contribution in [1.82, 2.24) is 9.97 Å². The standard InChI is InChI=1S/C21H17N5O6S/c1-11(27)19(20(28)22-14-5-7-17-18(10-14)24-21(29)23-17)26-25-15-4-2-13-9-16(33(30,31)32)6-3-12(13)8-15/h2-10,19H,1H3,(H,22,28)(H2,23,24,29)(H,30,31,32). The van der Waals surface area contributed by atoms with E-state index in [9.17, 15) is 22.8 Å². The van der Waals surface area contributed by atoms with Crippen LogP contribution in [0.5, 0.6) is 0 Å². The molecular weight excluding hydrogens is 450 g/mol. The van der Waals surface area contributed by atoms with Gasteiger partial charge in [-0.25, -0.2) is 4.79 Å². The molecule has 0 aliphatic carbocycles. The molecule has 0 aliphatic rings. The summed E-state index contributed by atoms with van der Waals surface area (Å²) < 4.78 is 31.7. The molecule has 11 nitrogen and oxygen atoms in total. The van der Waals surface area contributed by atoms with Gasteiger partial charge in [0.2, 0.25) is 6.04 Å². The number of fused-ring (bicyclic) bond motifs is 2. The molecule has 168 valence electrons.